The molecule has 12 heteroatoms. The van der Waals surface area contributed by atoms with Gasteiger partial charge in [0.25, 0.3) is 11.5 Å². The van der Waals surface area contributed by atoms with E-state index in [1.807, 2.05) is 18.2 Å². The summed E-state index contributed by atoms with van der Waals surface area (Å²) in [7, 11) is -1.71. The molecule has 0 radical (unpaired) electrons. The van der Waals surface area contributed by atoms with Crippen molar-refractivity contribution in [2.45, 2.75) is 44.4 Å². The molecule has 0 bridgehead atoms. The molecule has 1 aliphatic carbocycles. The van der Waals surface area contributed by atoms with Crippen LogP contribution in [0.3, 0.4) is 0 Å². The van der Waals surface area contributed by atoms with Crippen molar-refractivity contribution in [3.8, 4) is 11.1 Å². The molecule has 1 amide bonds. The second kappa shape index (κ2) is 11.8. The number of carbonyl (C=O) groups excluding carboxylic acids is 1. The van der Waals surface area contributed by atoms with Crippen molar-refractivity contribution in [3.05, 3.63) is 93.1 Å². The molecular weight excluding hydrogens is 612 g/mol. The molecule has 2 fully saturated rings. The molecular formula is C33H37ClN6O4S. The molecule has 4 aromatic rings. The predicted octanol–water partition coefficient (Wildman–Crippen LogP) is 4.63. The van der Waals surface area contributed by atoms with Crippen LogP contribution in [0.15, 0.2) is 60.2 Å². The van der Waals surface area contributed by atoms with Gasteiger partial charge in [0.2, 0.25) is 10.0 Å². The molecule has 0 spiro atoms. The Bertz CT molecular complexity index is 1970. The topological polar surface area (TPSA) is 120 Å². The number of halogens is 1. The smallest absolute Gasteiger partial charge is 0.254 e. The maximum atomic E-state index is 14.1. The number of hydrogen-bond acceptors (Lipinski definition) is 7. The van der Waals surface area contributed by atoms with Gasteiger partial charge in [-0.3, -0.25) is 9.59 Å². The number of aromatic nitrogens is 3. The van der Waals surface area contributed by atoms with E-state index < -0.39 is 20.7 Å². The molecule has 1 aromatic carbocycles. The van der Waals surface area contributed by atoms with Gasteiger partial charge in [0.05, 0.1) is 27.4 Å². The normalized spacial score (nSPS) is 16.6. The van der Waals surface area contributed by atoms with Crippen molar-refractivity contribution in [1.29, 1.82) is 0 Å². The van der Waals surface area contributed by atoms with Crippen LogP contribution in [0, 0.1) is 13.8 Å². The van der Waals surface area contributed by atoms with Crippen molar-refractivity contribution in [2.24, 2.45) is 0 Å². The number of likely N-dealkylation sites (N-methyl/N-ethyl adjacent to an activating group) is 1. The number of aromatic amines is 1. The molecule has 10 nitrogen and oxygen atoms in total. The maximum absolute atomic E-state index is 14.1. The highest BCUT2D eigenvalue weighted by molar-refractivity contribution is 7.91. The first-order valence-corrected chi connectivity index (χ1v) is 16.8. The number of benzene rings is 1. The summed E-state index contributed by atoms with van der Waals surface area (Å²) in [5.74, 6) is 0.415. The molecule has 236 valence electrons. The minimum Gasteiger partial charge on any atom is -0.354 e. The van der Waals surface area contributed by atoms with Crippen molar-refractivity contribution in [1.82, 2.24) is 24.2 Å². The van der Waals surface area contributed by atoms with Gasteiger partial charge >= 0.3 is 0 Å². The number of piperazine rings is 1. The molecule has 4 heterocycles. The minimum absolute atomic E-state index is 0.0965. The number of H-pyrrole nitrogens is 1. The summed E-state index contributed by atoms with van der Waals surface area (Å²) in [6.45, 7) is 10.9. The maximum Gasteiger partial charge on any atom is 0.254 e. The second-order valence-corrected chi connectivity index (χ2v) is 14.8. The van der Waals surface area contributed by atoms with Crippen LogP contribution in [0.2, 0.25) is 5.02 Å². The number of anilines is 1. The monoisotopic (exact) mass is 648 g/mol. The number of fused-ring (bicyclic) bond motifs is 1. The zero-order valence-electron chi connectivity index (χ0n) is 25.7. The summed E-state index contributed by atoms with van der Waals surface area (Å²) in [5, 5.41) is 3.62. The van der Waals surface area contributed by atoms with Crippen LogP contribution >= 0.6 is 11.6 Å². The number of amides is 1. The van der Waals surface area contributed by atoms with Gasteiger partial charge in [0.1, 0.15) is 5.82 Å². The fourth-order valence-electron chi connectivity index (χ4n) is 6.13. The summed E-state index contributed by atoms with van der Waals surface area (Å²) in [6.07, 6.45) is 6.47. The molecule has 1 saturated carbocycles. The zero-order valence-corrected chi connectivity index (χ0v) is 27.3. The van der Waals surface area contributed by atoms with E-state index >= 15 is 0 Å². The quantitative estimate of drug-likeness (QED) is 0.254. The second-order valence-electron chi connectivity index (χ2n) is 12.2. The predicted molar refractivity (Wildman–Crippen MR) is 179 cm³/mol. The van der Waals surface area contributed by atoms with Gasteiger partial charge in [-0.05, 0) is 81.6 Å². The summed E-state index contributed by atoms with van der Waals surface area (Å²) in [6, 6.07) is 9.11. The number of carbonyl (C=O) groups is 1. The first kappa shape index (κ1) is 31.1. The zero-order chi connectivity index (χ0) is 32.1. The molecule has 1 aliphatic heterocycles. The molecule has 2 N–H and O–H groups in total. The van der Waals surface area contributed by atoms with Crippen LogP contribution in [-0.2, 0) is 16.6 Å². The van der Waals surface area contributed by atoms with E-state index in [0.717, 1.165) is 37.6 Å². The van der Waals surface area contributed by atoms with Crippen LogP contribution in [-0.4, -0.2) is 71.1 Å². The lowest BCUT2D eigenvalue weighted by Crippen LogP contribution is -2.44. The Morgan fingerprint density at radius 2 is 1.87 bits per heavy atom. The van der Waals surface area contributed by atoms with Crippen molar-refractivity contribution < 1.29 is 13.2 Å². The molecule has 45 heavy (non-hydrogen) atoms. The first-order valence-electron chi connectivity index (χ1n) is 15.0. The molecule has 3 aromatic heterocycles. The van der Waals surface area contributed by atoms with E-state index in [1.54, 1.807) is 44.4 Å². The summed E-state index contributed by atoms with van der Waals surface area (Å²) in [4.78, 5) is 38.4. The molecule has 0 atom stereocenters. The largest absolute Gasteiger partial charge is 0.354 e. The Hall–Kier alpha value is -3.93. The summed E-state index contributed by atoms with van der Waals surface area (Å²) < 4.78 is 28.6. The average molecular weight is 649 g/mol. The highest BCUT2D eigenvalue weighted by atomic mass is 35.5. The van der Waals surface area contributed by atoms with Crippen LogP contribution in [0.1, 0.15) is 46.4 Å². The third kappa shape index (κ3) is 5.69. The number of nitrogens with one attached hydrogen (secondary N) is 2. The number of allylic oxidation sites excluding steroid dienone is 1. The average Bonchev–Trinajstić information content (AvgIpc) is 3.73. The van der Waals surface area contributed by atoms with Crippen molar-refractivity contribution in [3.63, 3.8) is 0 Å². The van der Waals surface area contributed by atoms with Gasteiger partial charge in [-0.25, -0.2) is 17.4 Å². The fraction of sp³-hybridized carbons (Fsp3) is 0.364. The van der Waals surface area contributed by atoms with Crippen LogP contribution in [0.5, 0.6) is 0 Å². The van der Waals surface area contributed by atoms with E-state index in [9.17, 15) is 18.0 Å². The van der Waals surface area contributed by atoms with E-state index in [-0.39, 0.29) is 22.7 Å². The highest BCUT2D eigenvalue weighted by Crippen LogP contribution is 2.49. The molecule has 1 saturated heterocycles. The number of aryl methyl sites for hydroxylation is 2. The summed E-state index contributed by atoms with van der Waals surface area (Å²) >= 11 is 6.33. The Balaban J connectivity index is 1.43. The highest BCUT2D eigenvalue weighted by Gasteiger charge is 2.54. The lowest BCUT2D eigenvalue weighted by atomic mass is 9.99. The van der Waals surface area contributed by atoms with Gasteiger partial charge in [0.15, 0.2) is 0 Å². The molecule has 6 rings (SSSR count). The first-order chi connectivity index (χ1) is 21.4. The van der Waals surface area contributed by atoms with E-state index in [0.29, 0.717) is 52.5 Å². The SMILES string of the molecule is C=CCC1(S(=O)(=O)n2cc(C)c3c(C(=O)NCc4c(Cl)cc(C)[nH]c4=O)cc(-c4ccc(N5CCN(C)CC5)nc4)cc32)CC1. The third-order valence-electron chi connectivity index (χ3n) is 8.99. The summed E-state index contributed by atoms with van der Waals surface area (Å²) in [5.41, 5.74) is 3.24. The van der Waals surface area contributed by atoms with Crippen LogP contribution in [0.4, 0.5) is 5.82 Å². The Kier molecular flexibility index (Phi) is 8.13. The fourth-order valence-corrected chi connectivity index (χ4v) is 8.51. The van der Waals surface area contributed by atoms with E-state index in [2.05, 4.69) is 33.7 Å². The van der Waals surface area contributed by atoms with Crippen LogP contribution < -0.4 is 15.8 Å². The van der Waals surface area contributed by atoms with Gasteiger partial charge in [0, 0.05) is 60.8 Å². The Morgan fingerprint density at radius 3 is 2.49 bits per heavy atom. The standard InChI is InChI=1S/C33H37ClN6O4S/c1-5-8-33(9-10-33)45(43,44)40-20-21(2)30-25(31(41)36-19-26-27(34)15-22(3)37-32(26)42)16-24(17-28(30)40)23-6-7-29(35-18-23)39-13-11-38(4)12-14-39/h5-7,15-18,20H,1,8-14,19H2,2-4H3,(H,36,41)(H,37,42). The van der Waals surface area contributed by atoms with Gasteiger partial charge in [-0.15, -0.1) is 6.58 Å². The third-order valence-corrected chi connectivity index (χ3v) is 11.8. The van der Waals surface area contributed by atoms with Crippen molar-refractivity contribution in [2.75, 3.05) is 38.1 Å². The van der Waals surface area contributed by atoms with Gasteiger partial charge < -0.3 is 20.1 Å². The minimum atomic E-state index is -3.81. The van der Waals surface area contributed by atoms with E-state index in [4.69, 9.17) is 16.6 Å². The van der Waals surface area contributed by atoms with E-state index in [1.165, 1.54) is 3.97 Å². The van der Waals surface area contributed by atoms with Crippen molar-refractivity contribution >= 4 is 44.3 Å². The van der Waals surface area contributed by atoms with Gasteiger partial charge in [-0.2, -0.15) is 0 Å². The Labute approximate surface area is 267 Å². The van der Waals surface area contributed by atoms with Gasteiger partial charge in [-0.1, -0.05) is 17.7 Å². The Morgan fingerprint density at radius 1 is 1.13 bits per heavy atom. The number of hydrogen-bond donors (Lipinski definition) is 2. The lowest BCUT2D eigenvalue weighted by molar-refractivity contribution is 0.0952. The van der Waals surface area contributed by atoms with Crippen LogP contribution in [0.25, 0.3) is 22.0 Å². The lowest BCUT2D eigenvalue weighted by Gasteiger charge is -2.33. The molecule has 2 aliphatic rings. The molecule has 0 unspecified atom stereocenters. The number of nitrogens with zero attached hydrogens (tertiary/aromatic N) is 4. The number of pyridine rings is 2. The number of rotatable bonds is 9.